The molecule has 0 bridgehead atoms. The van der Waals surface area contributed by atoms with Crippen LogP contribution in [-0.2, 0) is 22.7 Å². The van der Waals surface area contributed by atoms with Crippen LogP contribution in [0.15, 0.2) is 18.2 Å². The number of anilines is 1. The van der Waals surface area contributed by atoms with E-state index in [1.54, 1.807) is 6.92 Å². The third-order valence-electron chi connectivity index (χ3n) is 3.47. The van der Waals surface area contributed by atoms with Crippen LogP contribution in [0.3, 0.4) is 0 Å². The van der Waals surface area contributed by atoms with E-state index in [4.69, 9.17) is 0 Å². The fraction of sp³-hybridized carbons (Fsp3) is 0.571. The summed E-state index contributed by atoms with van der Waals surface area (Å²) in [4.78, 5) is 0. The normalized spacial score (nSPS) is 14.9. The van der Waals surface area contributed by atoms with Gasteiger partial charge in [0.25, 0.3) is 0 Å². The quantitative estimate of drug-likeness (QED) is 0.891. The van der Waals surface area contributed by atoms with Gasteiger partial charge in [0, 0.05) is 18.0 Å². The molecule has 0 radical (unpaired) electrons. The van der Waals surface area contributed by atoms with Crippen molar-refractivity contribution in [3.63, 3.8) is 0 Å². The van der Waals surface area contributed by atoms with Gasteiger partial charge >= 0.3 is 0 Å². The molecule has 0 amide bonds. The summed E-state index contributed by atoms with van der Waals surface area (Å²) in [5.41, 5.74) is 3.87. The zero-order valence-electron chi connectivity index (χ0n) is 10.9. The highest BCUT2D eigenvalue weighted by molar-refractivity contribution is 7.91. The highest BCUT2D eigenvalue weighted by atomic mass is 32.2. The van der Waals surface area contributed by atoms with Crippen LogP contribution in [0.2, 0.25) is 0 Å². The van der Waals surface area contributed by atoms with Gasteiger partial charge in [0.1, 0.15) is 9.84 Å². The first-order valence-electron chi connectivity index (χ1n) is 6.67. The Hall–Kier alpha value is -1.03. The molecule has 0 spiro atoms. The zero-order chi connectivity index (χ0) is 13.0. The lowest BCUT2D eigenvalue weighted by Crippen LogP contribution is -2.12. The molecule has 0 aromatic heterocycles. The maximum absolute atomic E-state index is 11.4. The van der Waals surface area contributed by atoms with Gasteiger partial charge in [-0.1, -0.05) is 19.1 Å². The standard InChI is InChI=1S/C14H21NO2S/c1-2-18(16,17)10-4-5-12-7-8-14-13(11-12)6-3-9-15-14/h7-8,11,15H,2-6,9-10H2,1H3. The number of hydrogen-bond donors (Lipinski definition) is 1. The van der Waals surface area contributed by atoms with Crippen molar-refractivity contribution < 1.29 is 8.42 Å². The van der Waals surface area contributed by atoms with Crippen LogP contribution in [0.25, 0.3) is 0 Å². The van der Waals surface area contributed by atoms with E-state index in [2.05, 4.69) is 23.5 Å². The smallest absolute Gasteiger partial charge is 0.150 e. The average molecular weight is 267 g/mol. The van der Waals surface area contributed by atoms with Gasteiger partial charge in [-0.2, -0.15) is 0 Å². The first kappa shape index (κ1) is 13.4. The predicted molar refractivity (Wildman–Crippen MR) is 75.9 cm³/mol. The molecule has 0 unspecified atom stereocenters. The second-order valence-electron chi connectivity index (χ2n) is 4.86. The van der Waals surface area contributed by atoms with Gasteiger partial charge in [-0.15, -0.1) is 0 Å². The number of rotatable bonds is 5. The van der Waals surface area contributed by atoms with E-state index in [-0.39, 0.29) is 5.75 Å². The number of nitrogens with one attached hydrogen (secondary N) is 1. The van der Waals surface area contributed by atoms with Crippen LogP contribution in [-0.4, -0.2) is 26.5 Å². The van der Waals surface area contributed by atoms with E-state index in [0.717, 1.165) is 25.8 Å². The lowest BCUT2D eigenvalue weighted by atomic mass is 9.99. The van der Waals surface area contributed by atoms with Crippen molar-refractivity contribution in [3.8, 4) is 0 Å². The van der Waals surface area contributed by atoms with Crippen LogP contribution < -0.4 is 5.32 Å². The van der Waals surface area contributed by atoms with E-state index < -0.39 is 9.84 Å². The summed E-state index contributed by atoms with van der Waals surface area (Å²) in [5, 5.41) is 3.38. The average Bonchev–Trinajstić information content (AvgIpc) is 2.38. The van der Waals surface area contributed by atoms with Gasteiger partial charge in [0.2, 0.25) is 0 Å². The minimum absolute atomic E-state index is 0.251. The minimum atomic E-state index is -2.82. The van der Waals surface area contributed by atoms with Crippen molar-refractivity contribution in [2.24, 2.45) is 0 Å². The minimum Gasteiger partial charge on any atom is -0.385 e. The van der Waals surface area contributed by atoms with E-state index in [0.29, 0.717) is 5.75 Å². The summed E-state index contributed by atoms with van der Waals surface area (Å²) in [6.07, 6.45) is 3.89. The summed E-state index contributed by atoms with van der Waals surface area (Å²) in [5.74, 6) is 0.555. The maximum atomic E-state index is 11.4. The molecule has 1 N–H and O–H groups in total. The van der Waals surface area contributed by atoms with Crippen molar-refractivity contribution in [1.29, 1.82) is 0 Å². The van der Waals surface area contributed by atoms with Gasteiger partial charge in [-0.05, 0) is 42.9 Å². The maximum Gasteiger partial charge on any atom is 0.150 e. The summed E-state index contributed by atoms with van der Waals surface area (Å²) in [7, 11) is -2.82. The Balaban J connectivity index is 1.94. The summed E-state index contributed by atoms with van der Waals surface area (Å²) in [6, 6.07) is 6.45. The van der Waals surface area contributed by atoms with Crippen LogP contribution in [0.1, 0.15) is 30.9 Å². The fourth-order valence-electron chi connectivity index (χ4n) is 2.32. The van der Waals surface area contributed by atoms with Crippen LogP contribution in [0, 0.1) is 0 Å². The Kier molecular flexibility index (Phi) is 4.27. The van der Waals surface area contributed by atoms with Crippen molar-refractivity contribution in [2.75, 3.05) is 23.4 Å². The molecule has 1 heterocycles. The van der Waals surface area contributed by atoms with Gasteiger partial charge < -0.3 is 5.32 Å². The summed E-state index contributed by atoms with van der Waals surface area (Å²) >= 11 is 0. The molecule has 0 saturated carbocycles. The van der Waals surface area contributed by atoms with Crippen molar-refractivity contribution in [1.82, 2.24) is 0 Å². The lowest BCUT2D eigenvalue weighted by Gasteiger charge is -2.18. The Bertz CT molecular complexity index is 509. The first-order valence-corrected chi connectivity index (χ1v) is 8.49. The van der Waals surface area contributed by atoms with E-state index in [9.17, 15) is 8.42 Å². The number of hydrogen-bond acceptors (Lipinski definition) is 3. The van der Waals surface area contributed by atoms with E-state index in [1.807, 2.05) is 0 Å². The molecule has 100 valence electrons. The molecule has 3 nitrogen and oxygen atoms in total. The molecule has 4 heteroatoms. The number of sulfone groups is 1. The first-order chi connectivity index (χ1) is 8.61. The van der Waals surface area contributed by atoms with Crippen LogP contribution >= 0.6 is 0 Å². The number of aryl methyl sites for hydroxylation is 2. The van der Waals surface area contributed by atoms with E-state index >= 15 is 0 Å². The second kappa shape index (κ2) is 5.74. The van der Waals surface area contributed by atoms with E-state index in [1.165, 1.54) is 23.2 Å². The van der Waals surface area contributed by atoms with Crippen molar-refractivity contribution in [2.45, 2.75) is 32.6 Å². The molecule has 1 aromatic rings. The van der Waals surface area contributed by atoms with Gasteiger partial charge in [-0.25, -0.2) is 8.42 Å². The SMILES string of the molecule is CCS(=O)(=O)CCCc1ccc2c(c1)CCCN2. The largest absolute Gasteiger partial charge is 0.385 e. The molecular weight excluding hydrogens is 246 g/mol. The molecule has 1 aliphatic heterocycles. The van der Waals surface area contributed by atoms with Crippen molar-refractivity contribution >= 4 is 15.5 Å². The Labute approximate surface area is 110 Å². The summed E-state index contributed by atoms with van der Waals surface area (Å²) in [6.45, 7) is 2.76. The second-order valence-corrected chi connectivity index (χ2v) is 7.33. The Morgan fingerprint density at radius 3 is 2.94 bits per heavy atom. The number of benzene rings is 1. The number of fused-ring (bicyclic) bond motifs is 1. The molecular formula is C14H21NO2S. The Morgan fingerprint density at radius 2 is 2.17 bits per heavy atom. The monoisotopic (exact) mass is 267 g/mol. The zero-order valence-corrected chi connectivity index (χ0v) is 11.7. The summed E-state index contributed by atoms with van der Waals surface area (Å²) < 4.78 is 22.8. The Morgan fingerprint density at radius 1 is 1.33 bits per heavy atom. The van der Waals surface area contributed by atoms with Gasteiger partial charge in [0.15, 0.2) is 0 Å². The highest BCUT2D eigenvalue weighted by Crippen LogP contribution is 2.23. The van der Waals surface area contributed by atoms with Crippen LogP contribution in [0.5, 0.6) is 0 Å². The molecule has 0 fully saturated rings. The molecule has 0 atom stereocenters. The third-order valence-corrected chi connectivity index (χ3v) is 5.26. The van der Waals surface area contributed by atoms with Crippen molar-refractivity contribution in [3.05, 3.63) is 29.3 Å². The molecule has 2 rings (SSSR count). The van der Waals surface area contributed by atoms with Gasteiger partial charge in [-0.3, -0.25) is 0 Å². The lowest BCUT2D eigenvalue weighted by molar-refractivity contribution is 0.594. The van der Waals surface area contributed by atoms with Gasteiger partial charge in [0.05, 0.1) is 5.75 Å². The van der Waals surface area contributed by atoms with Crippen LogP contribution in [0.4, 0.5) is 5.69 Å². The molecule has 1 aromatic carbocycles. The predicted octanol–water partition coefficient (Wildman–Crippen LogP) is 2.41. The topological polar surface area (TPSA) is 46.2 Å². The molecule has 0 saturated heterocycles. The molecule has 18 heavy (non-hydrogen) atoms. The fourth-order valence-corrected chi connectivity index (χ4v) is 3.20. The highest BCUT2D eigenvalue weighted by Gasteiger charge is 2.10. The molecule has 1 aliphatic rings. The molecule has 0 aliphatic carbocycles. The third kappa shape index (κ3) is 3.48.